The van der Waals surface area contributed by atoms with Gasteiger partial charge in [-0.05, 0) is 32.9 Å². The summed E-state index contributed by atoms with van der Waals surface area (Å²) in [5, 5.41) is 3.54. The zero-order valence-electron chi connectivity index (χ0n) is 13.4. The summed E-state index contributed by atoms with van der Waals surface area (Å²) in [5.41, 5.74) is 1.13. The van der Waals surface area contributed by atoms with Gasteiger partial charge in [-0.25, -0.2) is 4.98 Å². The topological polar surface area (TPSA) is 33.1 Å². The van der Waals surface area contributed by atoms with Crippen LogP contribution in [-0.4, -0.2) is 40.6 Å². The highest BCUT2D eigenvalue weighted by Gasteiger charge is 2.18. The molecule has 0 unspecified atom stereocenters. The van der Waals surface area contributed by atoms with Crippen LogP contribution < -0.4 is 5.32 Å². The lowest BCUT2D eigenvalue weighted by Gasteiger charge is -2.25. The largest absolute Gasteiger partial charge is 0.354 e. The van der Waals surface area contributed by atoms with Crippen molar-refractivity contribution in [3.8, 4) is 0 Å². The van der Waals surface area contributed by atoms with Crippen molar-refractivity contribution in [2.45, 2.75) is 58.9 Å². The van der Waals surface area contributed by atoms with Gasteiger partial charge < -0.3 is 14.8 Å². The van der Waals surface area contributed by atoms with Crippen molar-refractivity contribution in [3.63, 3.8) is 0 Å². The summed E-state index contributed by atoms with van der Waals surface area (Å²) in [5.74, 6) is 1.07. The molecule has 1 aliphatic carbocycles. The number of aromatic nitrogens is 2. The van der Waals surface area contributed by atoms with E-state index in [0.717, 1.165) is 37.8 Å². The first-order valence-electron chi connectivity index (χ1n) is 8.26. The lowest BCUT2D eigenvalue weighted by Crippen LogP contribution is -2.29. The molecule has 1 N–H and O–H groups in total. The fourth-order valence-corrected chi connectivity index (χ4v) is 3.15. The number of anilines is 1. The quantitative estimate of drug-likeness (QED) is 0.829. The average molecular weight is 278 g/mol. The molecule has 4 heteroatoms. The standard InChI is InChI=1S/C16H30N4/c1-4-19(5-2)12-11-17-16-18-14(3)13-20(16)15-9-7-6-8-10-15/h13,15H,4-12H2,1-3H3,(H,17,18). The van der Waals surface area contributed by atoms with Gasteiger partial charge in [0.1, 0.15) is 0 Å². The van der Waals surface area contributed by atoms with Crippen molar-refractivity contribution in [2.75, 3.05) is 31.5 Å². The molecule has 0 saturated heterocycles. The molecular weight excluding hydrogens is 248 g/mol. The Kier molecular flexibility index (Phi) is 5.89. The van der Waals surface area contributed by atoms with E-state index >= 15 is 0 Å². The number of likely N-dealkylation sites (N-methyl/N-ethyl adjacent to an activating group) is 1. The molecule has 0 bridgehead atoms. The van der Waals surface area contributed by atoms with E-state index in [9.17, 15) is 0 Å². The molecule has 1 saturated carbocycles. The SMILES string of the molecule is CCN(CC)CCNc1nc(C)cn1C1CCCCC1. The van der Waals surface area contributed by atoms with Crippen molar-refractivity contribution < 1.29 is 0 Å². The maximum Gasteiger partial charge on any atom is 0.203 e. The summed E-state index contributed by atoms with van der Waals surface area (Å²) in [4.78, 5) is 7.11. The number of nitrogens with zero attached hydrogens (tertiary/aromatic N) is 3. The van der Waals surface area contributed by atoms with Crippen LogP contribution in [0.4, 0.5) is 5.95 Å². The normalized spacial score (nSPS) is 16.8. The van der Waals surface area contributed by atoms with E-state index in [-0.39, 0.29) is 0 Å². The minimum Gasteiger partial charge on any atom is -0.354 e. The maximum absolute atomic E-state index is 4.67. The first-order chi connectivity index (χ1) is 9.74. The number of rotatable bonds is 7. The molecule has 0 amide bonds. The minimum absolute atomic E-state index is 0.654. The van der Waals surface area contributed by atoms with E-state index in [1.165, 1.54) is 32.1 Å². The third kappa shape index (κ3) is 3.98. The van der Waals surface area contributed by atoms with Crippen LogP contribution in [0.15, 0.2) is 6.20 Å². The smallest absolute Gasteiger partial charge is 0.203 e. The van der Waals surface area contributed by atoms with Crippen molar-refractivity contribution in [1.82, 2.24) is 14.5 Å². The highest BCUT2D eigenvalue weighted by atomic mass is 15.2. The Morgan fingerprint density at radius 1 is 1.25 bits per heavy atom. The molecular formula is C16H30N4. The third-order valence-corrected chi connectivity index (χ3v) is 4.43. The molecule has 1 heterocycles. The van der Waals surface area contributed by atoms with E-state index in [0.29, 0.717) is 6.04 Å². The molecule has 0 aromatic carbocycles. The molecule has 1 aliphatic rings. The molecule has 114 valence electrons. The predicted octanol–water partition coefficient (Wildman–Crippen LogP) is 3.45. The predicted molar refractivity (Wildman–Crippen MR) is 85.4 cm³/mol. The fraction of sp³-hybridized carbons (Fsp3) is 0.812. The second-order valence-corrected chi connectivity index (χ2v) is 5.86. The summed E-state index contributed by atoms with van der Waals surface area (Å²) in [6.07, 6.45) is 8.95. The minimum atomic E-state index is 0.654. The van der Waals surface area contributed by atoms with Crippen LogP contribution in [-0.2, 0) is 0 Å². The van der Waals surface area contributed by atoms with Gasteiger partial charge in [0.15, 0.2) is 0 Å². The van der Waals surface area contributed by atoms with Gasteiger partial charge >= 0.3 is 0 Å². The molecule has 1 fully saturated rings. The van der Waals surface area contributed by atoms with Gasteiger partial charge in [-0.2, -0.15) is 0 Å². The van der Waals surface area contributed by atoms with Crippen LogP contribution in [0.5, 0.6) is 0 Å². The van der Waals surface area contributed by atoms with Gasteiger partial charge in [-0.15, -0.1) is 0 Å². The Hall–Kier alpha value is -1.03. The van der Waals surface area contributed by atoms with Gasteiger partial charge in [-0.3, -0.25) is 0 Å². The van der Waals surface area contributed by atoms with Crippen LogP contribution in [0.3, 0.4) is 0 Å². The summed E-state index contributed by atoms with van der Waals surface area (Å²) >= 11 is 0. The third-order valence-electron chi connectivity index (χ3n) is 4.43. The zero-order chi connectivity index (χ0) is 14.4. The van der Waals surface area contributed by atoms with Crippen LogP contribution in [0.25, 0.3) is 0 Å². The number of imidazole rings is 1. The zero-order valence-corrected chi connectivity index (χ0v) is 13.4. The second-order valence-electron chi connectivity index (χ2n) is 5.86. The Bertz CT molecular complexity index is 389. The summed E-state index contributed by atoms with van der Waals surface area (Å²) in [6, 6.07) is 0.654. The Balaban J connectivity index is 1.93. The fourth-order valence-electron chi connectivity index (χ4n) is 3.15. The van der Waals surface area contributed by atoms with Crippen LogP contribution in [0.2, 0.25) is 0 Å². The van der Waals surface area contributed by atoms with E-state index in [2.05, 4.69) is 46.7 Å². The highest BCUT2D eigenvalue weighted by Crippen LogP contribution is 2.30. The second kappa shape index (κ2) is 7.67. The maximum atomic E-state index is 4.67. The van der Waals surface area contributed by atoms with Gasteiger partial charge in [0, 0.05) is 25.3 Å². The highest BCUT2D eigenvalue weighted by molar-refractivity contribution is 5.29. The summed E-state index contributed by atoms with van der Waals surface area (Å²) < 4.78 is 2.39. The number of nitrogens with one attached hydrogen (secondary N) is 1. The van der Waals surface area contributed by atoms with Crippen molar-refractivity contribution in [1.29, 1.82) is 0 Å². The van der Waals surface area contributed by atoms with Crippen molar-refractivity contribution >= 4 is 5.95 Å². The van der Waals surface area contributed by atoms with E-state index in [1.54, 1.807) is 0 Å². The monoisotopic (exact) mass is 278 g/mol. The van der Waals surface area contributed by atoms with Gasteiger partial charge in [0.25, 0.3) is 0 Å². The molecule has 2 rings (SSSR count). The number of hydrogen-bond acceptors (Lipinski definition) is 3. The Morgan fingerprint density at radius 3 is 2.60 bits per heavy atom. The van der Waals surface area contributed by atoms with E-state index < -0.39 is 0 Å². The summed E-state index contributed by atoms with van der Waals surface area (Å²) in [6.45, 7) is 10.8. The lowest BCUT2D eigenvalue weighted by atomic mass is 9.95. The number of hydrogen-bond donors (Lipinski definition) is 1. The molecule has 0 radical (unpaired) electrons. The molecule has 0 aliphatic heterocycles. The molecule has 4 nitrogen and oxygen atoms in total. The van der Waals surface area contributed by atoms with Crippen LogP contribution in [0, 0.1) is 6.92 Å². The van der Waals surface area contributed by atoms with Crippen molar-refractivity contribution in [2.24, 2.45) is 0 Å². The molecule has 0 spiro atoms. The van der Waals surface area contributed by atoms with Crippen molar-refractivity contribution in [3.05, 3.63) is 11.9 Å². The van der Waals surface area contributed by atoms with Gasteiger partial charge in [0.05, 0.1) is 5.69 Å². The molecule has 1 aromatic heterocycles. The molecule has 20 heavy (non-hydrogen) atoms. The Morgan fingerprint density at radius 2 is 1.95 bits per heavy atom. The van der Waals surface area contributed by atoms with Crippen LogP contribution >= 0.6 is 0 Å². The van der Waals surface area contributed by atoms with Gasteiger partial charge in [0.2, 0.25) is 5.95 Å². The first kappa shape index (κ1) is 15.4. The first-order valence-corrected chi connectivity index (χ1v) is 8.26. The van der Waals surface area contributed by atoms with E-state index in [1.807, 2.05) is 0 Å². The summed E-state index contributed by atoms with van der Waals surface area (Å²) in [7, 11) is 0. The van der Waals surface area contributed by atoms with Gasteiger partial charge in [-0.1, -0.05) is 33.1 Å². The average Bonchev–Trinajstić information content (AvgIpc) is 2.85. The van der Waals surface area contributed by atoms with E-state index in [4.69, 9.17) is 0 Å². The number of aryl methyl sites for hydroxylation is 1. The molecule has 1 aromatic rings. The molecule has 0 atom stereocenters. The van der Waals surface area contributed by atoms with Crippen LogP contribution in [0.1, 0.15) is 57.7 Å². The lowest BCUT2D eigenvalue weighted by molar-refractivity contribution is 0.315. The Labute approximate surface area is 123 Å².